The number of carbonyl (C=O) groups excluding carboxylic acids is 2. The zero-order valence-corrected chi connectivity index (χ0v) is 22.3. The largest absolute Gasteiger partial charge is 0.486 e. The highest BCUT2D eigenvalue weighted by Crippen LogP contribution is 2.40. The van der Waals surface area contributed by atoms with Crippen molar-refractivity contribution in [2.24, 2.45) is 0 Å². The lowest BCUT2D eigenvalue weighted by atomic mass is 10.1. The average molecular weight is 572 g/mol. The first kappa shape index (κ1) is 28.5. The standard InChI is InChI=1S/C25H28F3N3O7S/c1-24(2,3)38-23(33)29-17-7-8-21-20(12-17)31(14-18(37-21)13-22(32)30-9-10-36-15-30)39(34,35)19-6-4-5-16(11-19)25(26,27)28/h4-8,11-12,18H,9-10,13-15H2,1-3H3,(H,29,33)/t18-/m0/s1. The smallest absolute Gasteiger partial charge is 0.416 e. The van der Waals surface area contributed by atoms with Crippen LogP contribution in [0.2, 0.25) is 0 Å². The molecule has 0 aromatic heterocycles. The van der Waals surface area contributed by atoms with E-state index in [9.17, 15) is 31.2 Å². The van der Waals surface area contributed by atoms with E-state index in [1.54, 1.807) is 20.8 Å². The summed E-state index contributed by atoms with van der Waals surface area (Å²) in [6.07, 6.45) is -6.67. The number of amides is 2. The number of nitrogens with zero attached hydrogens (tertiary/aromatic N) is 2. The number of alkyl halides is 3. The van der Waals surface area contributed by atoms with Crippen molar-refractivity contribution in [1.82, 2.24) is 4.90 Å². The summed E-state index contributed by atoms with van der Waals surface area (Å²) in [7, 11) is -4.56. The molecule has 1 N–H and O–H groups in total. The number of hydrogen-bond donors (Lipinski definition) is 1. The lowest BCUT2D eigenvalue weighted by Crippen LogP contribution is -2.45. The highest BCUT2D eigenvalue weighted by atomic mass is 32.2. The van der Waals surface area contributed by atoms with Gasteiger partial charge in [0, 0.05) is 12.2 Å². The molecule has 2 aromatic carbocycles. The van der Waals surface area contributed by atoms with Crippen molar-refractivity contribution in [2.75, 3.05) is 36.0 Å². The van der Waals surface area contributed by atoms with Gasteiger partial charge < -0.3 is 19.1 Å². The van der Waals surface area contributed by atoms with Crippen LogP contribution in [-0.4, -0.2) is 63.5 Å². The molecule has 2 aliphatic heterocycles. The molecule has 1 atom stereocenters. The van der Waals surface area contributed by atoms with Gasteiger partial charge in [0.25, 0.3) is 10.0 Å². The number of hydrogen-bond acceptors (Lipinski definition) is 7. The fourth-order valence-corrected chi connectivity index (χ4v) is 5.58. The maximum absolute atomic E-state index is 13.7. The Kier molecular flexibility index (Phi) is 7.72. The second-order valence-corrected chi connectivity index (χ2v) is 11.9. The van der Waals surface area contributed by atoms with Crippen LogP contribution in [0.25, 0.3) is 0 Å². The molecule has 212 valence electrons. The van der Waals surface area contributed by atoms with Gasteiger partial charge in [-0.15, -0.1) is 0 Å². The highest BCUT2D eigenvalue weighted by molar-refractivity contribution is 7.92. The van der Waals surface area contributed by atoms with E-state index < -0.39 is 44.5 Å². The van der Waals surface area contributed by atoms with Gasteiger partial charge in [-0.05, 0) is 57.2 Å². The van der Waals surface area contributed by atoms with Gasteiger partial charge in [-0.25, -0.2) is 13.2 Å². The fraction of sp³-hybridized carbons (Fsp3) is 0.440. The molecular formula is C25H28F3N3O7S. The molecule has 4 rings (SSSR count). The maximum Gasteiger partial charge on any atom is 0.416 e. The van der Waals surface area contributed by atoms with E-state index >= 15 is 0 Å². The lowest BCUT2D eigenvalue weighted by molar-refractivity contribution is -0.137. The van der Waals surface area contributed by atoms with Crippen LogP contribution < -0.4 is 14.4 Å². The molecule has 39 heavy (non-hydrogen) atoms. The van der Waals surface area contributed by atoms with E-state index in [0.29, 0.717) is 19.2 Å². The third-order valence-corrected chi connectivity index (χ3v) is 7.57. The number of halogens is 3. The Morgan fingerprint density at radius 2 is 1.87 bits per heavy atom. The Hall–Kier alpha value is -3.52. The number of carbonyl (C=O) groups is 2. The quantitative estimate of drug-likeness (QED) is 0.572. The maximum atomic E-state index is 13.7. The first-order chi connectivity index (χ1) is 18.1. The fourth-order valence-electron chi connectivity index (χ4n) is 4.04. The number of anilines is 2. The van der Waals surface area contributed by atoms with Gasteiger partial charge >= 0.3 is 12.3 Å². The molecule has 0 spiro atoms. The summed E-state index contributed by atoms with van der Waals surface area (Å²) in [5.74, 6) is -0.248. The van der Waals surface area contributed by atoms with Crippen molar-refractivity contribution in [3.05, 3.63) is 48.0 Å². The molecule has 14 heteroatoms. The Bertz CT molecular complexity index is 1350. The molecule has 2 amide bonds. The van der Waals surface area contributed by atoms with Crippen molar-refractivity contribution < 1.29 is 45.4 Å². The van der Waals surface area contributed by atoms with E-state index in [4.69, 9.17) is 14.2 Å². The van der Waals surface area contributed by atoms with Gasteiger partial charge in [0.1, 0.15) is 24.2 Å². The van der Waals surface area contributed by atoms with Crippen LogP contribution in [0.5, 0.6) is 5.75 Å². The van der Waals surface area contributed by atoms with Crippen LogP contribution in [0.4, 0.5) is 29.3 Å². The number of sulfonamides is 1. The number of fused-ring (bicyclic) bond motifs is 1. The van der Waals surface area contributed by atoms with Crippen LogP contribution in [-0.2, 0) is 30.5 Å². The molecule has 1 fully saturated rings. The van der Waals surface area contributed by atoms with E-state index in [2.05, 4.69) is 5.32 Å². The summed E-state index contributed by atoms with van der Waals surface area (Å²) >= 11 is 0. The van der Waals surface area contributed by atoms with Crippen molar-refractivity contribution in [2.45, 2.75) is 50.0 Å². The van der Waals surface area contributed by atoms with Crippen molar-refractivity contribution in [3.63, 3.8) is 0 Å². The molecule has 1 saturated heterocycles. The summed E-state index contributed by atoms with van der Waals surface area (Å²) in [6.45, 7) is 5.53. The molecule has 0 radical (unpaired) electrons. The van der Waals surface area contributed by atoms with Crippen LogP contribution >= 0.6 is 0 Å². The number of benzene rings is 2. The molecule has 0 bridgehead atoms. The first-order valence-electron chi connectivity index (χ1n) is 12.0. The van der Waals surface area contributed by atoms with Gasteiger partial charge in [-0.3, -0.25) is 14.4 Å². The minimum atomic E-state index is -4.76. The number of ether oxygens (including phenoxy) is 3. The molecule has 0 aliphatic carbocycles. The number of rotatable bonds is 5. The molecule has 2 aliphatic rings. The second-order valence-electron chi connectivity index (χ2n) is 10.0. The van der Waals surface area contributed by atoms with Gasteiger partial charge in [0.15, 0.2) is 0 Å². The summed E-state index contributed by atoms with van der Waals surface area (Å²) in [6, 6.07) is 7.57. The average Bonchev–Trinajstić information content (AvgIpc) is 3.37. The Balaban J connectivity index is 1.70. The Morgan fingerprint density at radius 1 is 1.13 bits per heavy atom. The Labute approximate surface area is 223 Å². The third-order valence-electron chi connectivity index (χ3n) is 5.79. The minimum absolute atomic E-state index is 0.0193. The summed E-state index contributed by atoms with van der Waals surface area (Å²) < 4.78 is 84.7. The van der Waals surface area contributed by atoms with E-state index in [0.717, 1.165) is 22.5 Å². The zero-order valence-electron chi connectivity index (χ0n) is 21.4. The second kappa shape index (κ2) is 10.6. The SMILES string of the molecule is CC(C)(C)OC(=O)Nc1ccc2c(c1)N(S(=O)(=O)c1cccc(C(F)(F)F)c1)C[C@H](CC(=O)N1CCOC1)O2. The van der Waals surface area contributed by atoms with Crippen LogP contribution in [0, 0.1) is 0 Å². The Morgan fingerprint density at radius 3 is 2.51 bits per heavy atom. The van der Waals surface area contributed by atoms with Crippen molar-refractivity contribution >= 4 is 33.4 Å². The van der Waals surface area contributed by atoms with Crippen molar-refractivity contribution in [3.8, 4) is 5.75 Å². The summed E-state index contributed by atoms with van der Waals surface area (Å²) in [4.78, 5) is 25.8. The first-order valence-corrected chi connectivity index (χ1v) is 13.4. The monoisotopic (exact) mass is 571 g/mol. The molecule has 0 unspecified atom stereocenters. The zero-order chi connectivity index (χ0) is 28.6. The predicted molar refractivity (Wildman–Crippen MR) is 134 cm³/mol. The van der Waals surface area contributed by atoms with Gasteiger partial charge in [0.05, 0.1) is 35.7 Å². The van der Waals surface area contributed by atoms with Crippen LogP contribution in [0.1, 0.15) is 32.8 Å². The minimum Gasteiger partial charge on any atom is -0.486 e. The molecule has 2 aromatic rings. The van der Waals surface area contributed by atoms with Gasteiger partial charge in [0.2, 0.25) is 5.91 Å². The molecule has 0 saturated carbocycles. The van der Waals surface area contributed by atoms with E-state index in [1.807, 2.05) is 0 Å². The highest BCUT2D eigenvalue weighted by Gasteiger charge is 2.38. The van der Waals surface area contributed by atoms with Crippen LogP contribution in [0.3, 0.4) is 0 Å². The number of nitrogens with one attached hydrogen (secondary N) is 1. The van der Waals surface area contributed by atoms with Gasteiger partial charge in [-0.1, -0.05) is 6.07 Å². The van der Waals surface area contributed by atoms with Gasteiger partial charge in [-0.2, -0.15) is 13.2 Å². The summed E-state index contributed by atoms with van der Waals surface area (Å²) in [5.41, 5.74) is -1.77. The van der Waals surface area contributed by atoms with E-state index in [-0.39, 0.29) is 42.7 Å². The van der Waals surface area contributed by atoms with Crippen LogP contribution in [0.15, 0.2) is 47.4 Å². The predicted octanol–water partition coefficient (Wildman–Crippen LogP) is 4.22. The van der Waals surface area contributed by atoms with E-state index in [1.165, 1.54) is 23.1 Å². The molecule has 2 heterocycles. The topological polar surface area (TPSA) is 114 Å². The third kappa shape index (κ3) is 6.74. The van der Waals surface area contributed by atoms with Crippen molar-refractivity contribution in [1.29, 1.82) is 0 Å². The lowest BCUT2D eigenvalue weighted by Gasteiger charge is -2.36. The summed E-state index contributed by atoms with van der Waals surface area (Å²) in [5, 5.41) is 2.51. The molecule has 10 nitrogen and oxygen atoms in total. The molecular weight excluding hydrogens is 543 g/mol. The normalized spacial score (nSPS) is 17.8.